The van der Waals surface area contributed by atoms with Crippen LogP contribution in [0.2, 0.25) is 0 Å². The molecule has 0 N–H and O–H groups in total. The normalized spacial score (nSPS) is 11.0. The molecule has 0 aliphatic carbocycles. The average Bonchev–Trinajstić information content (AvgIpc) is 3.26. The second kappa shape index (κ2) is 14.8. The van der Waals surface area contributed by atoms with E-state index in [0.29, 0.717) is 0 Å². The molecule has 2 heteroatoms. The van der Waals surface area contributed by atoms with E-state index in [2.05, 4.69) is 240 Å². The first-order valence-corrected chi connectivity index (χ1v) is 18.4. The highest BCUT2D eigenvalue weighted by Gasteiger charge is 2.17. The van der Waals surface area contributed by atoms with E-state index in [4.69, 9.17) is 0 Å². The molecule has 0 bridgehead atoms. The summed E-state index contributed by atoms with van der Waals surface area (Å²) in [5, 5.41) is 2.44. The van der Waals surface area contributed by atoms with Crippen LogP contribution in [-0.4, -0.2) is 0 Å². The van der Waals surface area contributed by atoms with E-state index < -0.39 is 0 Å². The first kappa shape index (κ1) is 32.7. The number of benzene rings is 9. The van der Waals surface area contributed by atoms with Crippen molar-refractivity contribution >= 4 is 44.9 Å². The van der Waals surface area contributed by atoms with Gasteiger partial charge in [-0.2, -0.15) is 0 Å². The Bertz CT molecular complexity index is 2560. The van der Waals surface area contributed by atoms with Gasteiger partial charge in [-0.25, -0.2) is 0 Å². The molecule has 0 heterocycles. The van der Waals surface area contributed by atoms with Gasteiger partial charge >= 0.3 is 0 Å². The highest BCUT2D eigenvalue weighted by atomic mass is 15.1. The predicted molar refractivity (Wildman–Crippen MR) is 230 cm³/mol. The SMILES string of the molecule is c1ccc(-c2cc(-c3ccccc3)cc(N(c3ccccc3)c3ccc(-c4ccc(N(c5ccccc5)c5cccc6ccccc56)cc4)cc3)c2)cc1. The van der Waals surface area contributed by atoms with Crippen molar-refractivity contribution in [1.29, 1.82) is 0 Å². The van der Waals surface area contributed by atoms with Crippen LogP contribution in [0.1, 0.15) is 0 Å². The number of hydrogen-bond donors (Lipinski definition) is 0. The quantitative estimate of drug-likeness (QED) is 0.149. The first-order chi connectivity index (χ1) is 26.8. The Kier molecular flexibility index (Phi) is 8.99. The van der Waals surface area contributed by atoms with Gasteiger partial charge < -0.3 is 9.80 Å². The van der Waals surface area contributed by atoms with Crippen molar-refractivity contribution in [3.8, 4) is 33.4 Å². The summed E-state index contributed by atoms with van der Waals surface area (Å²) in [5.41, 5.74) is 13.8. The lowest BCUT2D eigenvalue weighted by molar-refractivity contribution is 1.28. The zero-order chi connectivity index (χ0) is 36.1. The van der Waals surface area contributed by atoms with Crippen LogP contribution in [0.25, 0.3) is 44.2 Å². The number of hydrogen-bond acceptors (Lipinski definition) is 2. The summed E-state index contributed by atoms with van der Waals surface area (Å²) in [6, 6.07) is 82.4. The topological polar surface area (TPSA) is 6.48 Å². The third-order valence-corrected chi connectivity index (χ3v) is 10.0. The van der Waals surface area contributed by atoms with Gasteiger partial charge in [-0.3, -0.25) is 0 Å². The predicted octanol–water partition coefficient (Wildman–Crippen LogP) is 14.8. The Labute approximate surface area is 317 Å². The van der Waals surface area contributed by atoms with Crippen LogP contribution in [0.3, 0.4) is 0 Å². The second-order valence-electron chi connectivity index (χ2n) is 13.4. The van der Waals surface area contributed by atoms with Crippen LogP contribution in [0.15, 0.2) is 231 Å². The van der Waals surface area contributed by atoms with Gasteiger partial charge in [-0.1, -0.05) is 158 Å². The van der Waals surface area contributed by atoms with Gasteiger partial charge in [0.15, 0.2) is 0 Å². The summed E-state index contributed by atoms with van der Waals surface area (Å²) in [6.45, 7) is 0. The van der Waals surface area contributed by atoms with Gasteiger partial charge in [-0.15, -0.1) is 0 Å². The lowest BCUT2D eigenvalue weighted by atomic mass is 9.97. The number of fused-ring (bicyclic) bond motifs is 1. The van der Waals surface area contributed by atoms with Gasteiger partial charge in [0.05, 0.1) is 5.69 Å². The molecule has 0 saturated heterocycles. The summed E-state index contributed by atoms with van der Waals surface area (Å²) in [4.78, 5) is 4.70. The van der Waals surface area contributed by atoms with Crippen molar-refractivity contribution in [2.24, 2.45) is 0 Å². The molecule has 0 atom stereocenters. The fourth-order valence-corrected chi connectivity index (χ4v) is 7.37. The van der Waals surface area contributed by atoms with E-state index in [1.54, 1.807) is 0 Å². The molecule has 0 aromatic heterocycles. The van der Waals surface area contributed by atoms with Crippen LogP contribution in [0.5, 0.6) is 0 Å². The van der Waals surface area contributed by atoms with Gasteiger partial charge in [0.25, 0.3) is 0 Å². The van der Waals surface area contributed by atoms with Crippen LogP contribution in [-0.2, 0) is 0 Å². The Morgan fingerprint density at radius 3 is 1.15 bits per heavy atom. The zero-order valence-electron chi connectivity index (χ0n) is 29.8. The van der Waals surface area contributed by atoms with Gasteiger partial charge in [0.2, 0.25) is 0 Å². The number of anilines is 6. The summed E-state index contributed by atoms with van der Waals surface area (Å²) in [6.07, 6.45) is 0. The largest absolute Gasteiger partial charge is 0.310 e. The lowest BCUT2D eigenvalue weighted by Crippen LogP contribution is -2.10. The maximum absolute atomic E-state index is 2.35. The van der Waals surface area contributed by atoms with E-state index in [-0.39, 0.29) is 0 Å². The average molecular weight is 691 g/mol. The highest BCUT2D eigenvalue weighted by molar-refractivity contribution is 5.99. The fourth-order valence-electron chi connectivity index (χ4n) is 7.37. The molecule has 0 aliphatic rings. The number of para-hydroxylation sites is 2. The monoisotopic (exact) mass is 690 g/mol. The summed E-state index contributed by atoms with van der Waals surface area (Å²) in [7, 11) is 0. The molecule has 0 fully saturated rings. The smallest absolute Gasteiger partial charge is 0.0540 e. The highest BCUT2D eigenvalue weighted by Crippen LogP contribution is 2.42. The molecule has 0 radical (unpaired) electrons. The Morgan fingerprint density at radius 2 is 0.611 bits per heavy atom. The maximum atomic E-state index is 2.35. The van der Waals surface area contributed by atoms with Crippen molar-refractivity contribution in [2.75, 3.05) is 9.80 Å². The van der Waals surface area contributed by atoms with Crippen molar-refractivity contribution in [3.63, 3.8) is 0 Å². The molecule has 0 unspecified atom stereocenters. The third kappa shape index (κ3) is 6.65. The zero-order valence-corrected chi connectivity index (χ0v) is 29.8. The Balaban J connectivity index is 1.09. The minimum absolute atomic E-state index is 1.09. The summed E-state index contributed by atoms with van der Waals surface area (Å²) >= 11 is 0. The molecule has 9 rings (SSSR count). The van der Waals surface area contributed by atoms with Gasteiger partial charge in [0.1, 0.15) is 0 Å². The standard InChI is InChI=1S/C52H38N2/c1-5-16-39(17-6-1)44-36-45(40-18-7-2-8-19-40)38-50(37-44)53(46-22-9-3-10-23-46)48-32-28-41(29-33-48)42-30-34-49(35-31-42)54(47-24-11-4-12-25-47)52-27-15-21-43-20-13-14-26-51(43)52/h1-38H. The number of rotatable bonds is 9. The molecule has 2 nitrogen and oxygen atoms in total. The molecule has 0 amide bonds. The minimum atomic E-state index is 1.09. The van der Waals surface area contributed by atoms with Crippen LogP contribution in [0, 0.1) is 0 Å². The van der Waals surface area contributed by atoms with Crippen LogP contribution >= 0.6 is 0 Å². The van der Waals surface area contributed by atoms with E-state index in [1.807, 2.05) is 0 Å². The van der Waals surface area contributed by atoms with Gasteiger partial charge in [-0.05, 0) is 112 Å². The van der Waals surface area contributed by atoms with E-state index in [0.717, 1.165) is 39.7 Å². The molecule has 54 heavy (non-hydrogen) atoms. The van der Waals surface area contributed by atoms with E-state index in [9.17, 15) is 0 Å². The number of nitrogens with zero attached hydrogens (tertiary/aromatic N) is 2. The van der Waals surface area contributed by atoms with Crippen LogP contribution in [0.4, 0.5) is 34.1 Å². The van der Waals surface area contributed by atoms with E-state index >= 15 is 0 Å². The molecular weight excluding hydrogens is 653 g/mol. The van der Waals surface area contributed by atoms with E-state index in [1.165, 1.54) is 38.6 Å². The third-order valence-electron chi connectivity index (χ3n) is 10.0. The molecule has 0 aliphatic heterocycles. The first-order valence-electron chi connectivity index (χ1n) is 18.4. The summed E-state index contributed by atoms with van der Waals surface area (Å²) in [5.74, 6) is 0. The molecule has 0 spiro atoms. The van der Waals surface area contributed by atoms with Crippen molar-refractivity contribution in [2.45, 2.75) is 0 Å². The Morgan fingerprint density at radius 1 is 0.222 bits per heavy atom. The molecule has 256 valence electrons. The Hall–Kier alpha value is -7.16. The lowest BCUT2D eigenvalue weighted by Gasteiger charge is -2.27. The maximum Gasteiger partial charge on any atom is 0.0540 e. The van der Waals surface area contributed by atoms with Crippen molar-refractivity contribution < 1.29 is 0 Å². The van der Waals surface area contributed by atoms with Crippen LogP contribution < -0.4 is 9.80 Å². The molecule has 9 aromatic carbocycles. The van der Waals surface area contributed by atoms with Gasteiger partial charge in [0, 0.05) is 33.8 Å². The summed E-state index contributed by atoms with van der Waals surface area (Å²) < 4.78 is 0. The molecule has 9 aromatic rings. The second-order valence-corrected chi connectivity index (χ2v) is 13.4. The van der Waals surface area contributed by atoms with Crippen molar-refractivity contribution in [3.05, 3.63) is 231 Å². The molecule has 0 saturated carbocycles. The van der Waals surface area contributed by atoms with Crippen molar-refractivity contribution in [1.82, 2.24) is 0 Å². The minimum Gasteiger partial charge on any atom is -0.310 e. The molecular formula is C52H38N2. The fraction of sp³-hybridized carbons (Fsp3) is 0.